The molecule has 21 heavy (non-hydrogen) atoms. The zero-order valence-electron chi connectivity index (χ0n) is 12.3. The molecule has 1 aromatic carbocycles. The lowest BCUT2D eigenvalue weighted by Gasteiger charge is -2.11. The van der Waals surface area contributed by atoms with E-state index in [2.05, 4.69) is 27.6 Å². The molecule has 2 rings (SSSR count). The van der Waals surface area contributed by atoms with Gasteiger partial charge in [0.2, 0.25) is 5.91 Å². The third kappa shape index (κ3) is 4.90. The number of amides is 1. The van der Waals surface area contributed by atoms with Crippen LogP contribution in [0.15, 0.2) is 36.7 Å². The minimum atomic E-state index is -0.0651. The molecule has 6 heteroatoms. The Morgan fingerprint density at radius 2 is 2.14 bits per heavy atom. The van der Waals surface area contributed by atoms with Gasteiger partial charge in [-0.3, -0.25) is 4.79 Å². The van der Waals surface area contributed by atoms with E-state index in [9.17, 15) is 4.79 Å². The van der Waals surface area contributed by atoms with E-state index >= 15 is 0 Å². The van der Waals surface area contributed by atoms with Crippen LogP contribution in [0, 0.1) is 0 Å². The molecule has 1 heterocycles. The van der Waals surface area contributed by atoms with Crippen molar-refractivity contribution in [2.75, 3.05) is 6.54 Å². The van der Waals surface area contributed by atoms with Crippen molar-refractivity contribution < 1.29 is 4.79 Å². The third-order valence-electron chi connectivity index (χ3n) is 3.17. The van der Waals surface area contributed by atoms with Crippen molar-refractivity contribution in [3.05, 3.63) is 48.0 Å². The van der Waals surface area contributed by atoms with Crippen molar-refractivity contribution in [3.8, 4) is 0 Å². The largest absolute Gasteiger partial charge is 0.355 e. The maximum absolute atomic E-state index is 12.0. The minimum Gasteiger partial charge on any atom is -0.355 e. The molecule has 0 saturated carbocycles. The Morgan fingerprint density at radius 1 is 1.38 bits per heavy atom. The standard InChI is InChI=1S/C15H20N4OS/c1-12(21-10-13-6-4-3-5-7-13)15(20)16-9-8-14-18-17-11-19(14)2/h3-7,11-12H,8-10H2,1-2H3,(H,16,20)/t12-/m1/s1. The fourth-order valence-corrected chi connectivity index (χ4v) is 2.72. The van der Waals surface area contributed by atoms with Crippen LogP contribution in [-0.2, 0) is 24.0 Å². The number of thioether (sulfide) groups is 1. The van der Waals surface area contributed by atoms with Crippen molar-refractivity contribution in [1.82, 2.24) is 20.1 Å². The topological polar surface area (TPSA) is 59.8 Å². The molecule has 0 aliphatic carbocycles. The first kappa shape index (κ1) is 15.6. The van der Waals surface area contributed by atoms with Crippen LogP contribution in [-0.4, -0.2) is 32.5 Å². The van der Waals surface area contributed by atoms with Gasteiger partial charge in [0.15, 0.2) is 0 Å². The van der Waals surface area contributed by atoms with E-state index in [1.54, 1.807) is 18.1 Å². The summed E-state index contributed by atoms with van der Waals surface area (Å²) in [5.74, 6) is 1.79. The normalized spacial score (nSPS) is 12.1. The zero-order valence-corrected chi connectivity index (χ0v) is 13.1. The summed E-state index contributed by atoms with van der Waals surface area (Å²) in [7, 11) is 1.90. The average Bonchev–Trinajstić information content (AvgIpc) is 2.91. The van der Waals surface area contributed by atoms with E-state index in [0.717, 1.165) is 11.6 Å². The summed E-state index contributed by atoms with van der Waals surface area (Å²) in [5.41, 5.74) is 1.24. The predicted molar refractivity (Wildman–Crippen MR) is 84.9 cm³/mol. The SMILES string of the molecule is C[C@@H](SCc1ccccc1)C(=O)NCCc1nncn1C. The van der Waals surface area contributed by atoms with Crippen LogP contribution in [0.5, 0.6) is 0 Å². The molecule has 2 aromatic rings. The Hall–Kier alpha value is -1.82. The van der Waals surface area contributed by atoms with Crippen LogP contribution < -0.4 is 5.32 Å². The van der Waals surface area contributed by atoms with Crippen molar-refractivity contribution in [3.63, 3.8) is 0 Å². The van der Waals surface area contributed by atoms with Crippen LogP contribution in [0.2, 0.25) is 0 Å². The Kier molecular flexibility index (Phi) is 5.80. The summed E-state index contributed by atoms with van der Waals surface area (Å²) >= 11 is 1.64. The summed E-state index contributed by atoms with van der Waals surface area (Å²) in [5, 5.41) is 10.7. The van der Waals surface area contributed by atoms with Gasteiger partial charge in [0.25, 0.3) is 0 Å². The summed E-state index contributed by atoms with van der Waals surface area (Å²) < 4.78 is 1.86. The Balaban J connectivity index is 1.69. The van der Waals surface area contributed by atoms with Gasteiger partial charge in [-0.2, -0.15) is 0 Å². The van der Waals surface area contributed by atoms with Gasteiger partial charge >= 0.3 is 0 Å². The Bertz CT molecular complexity index is 570. The lowest BCUT2D eigenvalue weighted by molar-refractivity contribution is -0.120. The fraction of sp³-hybridized carbons (Fsp3) is 0.400. The molecular formula is C15H20N4OS. The zero-order chi connectivity index (χ0) is 15.1. The second-order valence-electron chi connectivity index (χ2n) is 4.84. The van der Waals surface area contributed by atoms with Crippen LogP contribution in [0.4, 0.5) is 0 Å². The van der Waals surface area contributed by atoms with E-state index in [1.807, 2.05) is 36.7 Å². The molecule has 1 N–H and O–H groups in total. The molecule has 5 nitrogen and oxygen atoms in total. The lowest BCUT2D eigenvalue weighted by Crippen LogP contribution is -2.32. The van der Waals surface area contributed by atoms with Gasteiger partial charge in [0.05, 0.1) is 5.25 Å². The molecule has 0 aliphatic heterocycles. The van der Waals surface area contributed by atoms with E-state index < -0.39 is 0 Å². The number of carbonyl (C=O) groups excluding carboxylic acids is 1. The number of hydrogen-bond donors (Lipinski definition) is 1. The van der Waals surface area contributed by atoms with E-state index in [4.69, 9.17) is 0 Å². The Labute approximate surface area is 129 Å². The summed E-state index contributed by atoms with van der Waals surface area (Å²) in [6.45, 7) is 2.52. The maximum atomic E-state index is 12.0. The number of aryl methyl sites for hydroxylation is 1. The van der Waals surface area contributed by atoms with Crippen LogP contribution in [0.1, 0.15) is 18.3 Å². The lowest BCUT2D eigenvalue weighted by atomic mass is 10.2. The van der Waals surface area contributed by atoms with Gasteiger partial charge in [0, 0.05) is 25.8 Å². The van der Waals surface area contributed by atoms with Gasteiger partial charge in [-0.05, 0) is 12.5 Å². The van der Waals surface area contributed by atoms with Crippen LogP contribution in [0.3, 0.4) is 0 Å². The van der Waals surface area contributed by atoms with E-state index in [-0.39, 0.29) is 11.2 Å². The van der Waals surface area contributed by atoms with E-state index in [0.29, 0.717) is 13.0 Å². The number of hydrogen-bond acceptors (Lipinski definition) is 4. The smallest absolute Gasteiger partial charge is 0.232 e. The van der Waals surface area contributed by atoms with Crippen molar-refractivity contribution in [2.45, 2.75) is 24.3 Å². The number of nitrogens with zero attached hydrogens (tertiary/aromatic N) is 3. The average molecular weight is 304 g/mol. The second kappa shape index (κ2) is 7.83. The molecule has 0 unspecified atom stereocenters. The van der Waals surface area contributed by atoms with Gasteiger partial charge in [-0.1, -0.05) is 30.3 Å². The summed E-state index contributed by atoms with van der Waals surface area (Å²) in [4.78, 5) is 12.0. The van der Waals surface area contributed by atoms with Gasteiger partial charge in [-0.15, -0.1) is 22.0 Å². The van der Waals surface area contributed by atoms with Crippen LogP contribution >= 0.6 is 11.8 Å². The number of benzene rings is 1. The van der Waals surface area contributed by atoms with Crippen molar-refractivity contribution in [2.24, 2.45) is 7.05 Å². The Morgan fingerprint density at radius 3 is 2.81 bits per heavy atom. The predicted octanol–water partition coefficient (Wildman–Crippen LogP) is 1.80. The number of aromatic nitrogens is 3. The van der Waals surface area contributed by atoms with E-state index in [1.165, 1.54) is 5.56 Å². The highest BCUT2D eigenvalue weighted by atomic mass is 32.2. The molecule has 0 spiro atoms. The quantitative estimate of drug-likeness (QED) is 0.847. The van der Waals surface area contributed by atoms with Crippen molar-refractivity contribution >= 4 is 17.7 Å². The fourth-order valence-electron chi connectivity index (χ4n) is 1.85. The first-order valence-corrected chi connectivity index (χ1v) is 7.98. The highest BCUT2D eigenvalue weighted by Gasteiger charge is 2.13. The molecule has 0 aliphatic rings. The molecule has 0 fully saturated rings. The van der Waals surface area contributed by atoms with Gasteiger partial charge < -0.3 is 9.88 Å². The number of carbonyl (C=O) groups is 1. The molecule has 112 valence electrons. The van der Waals surface area contributed by atoms with Gasteiger partial charge in [0.1, 0.15) is 12.2 Å². The highest BCUT2D eigenvalue weighted by molar-refractivity contribution is 7.99. The molecule has 1 amide bonds. The minimum absolute atomic E-state index is 0.0651. The molecule has 1 aromatic heterocycles. The summed E-state index contributed by atoms with van der Waals surface area (Å²) in [6, 6.07) is 10.2. The second-order valence-corrected chi connectivity index (χ2v) is 6.17. The number of nitrogens with one attached hydrogen (secondary N) is 1. The third-order valence-corrected chi connectivity index (χ3v) is 4.38. The van der Waals surface area contributed by atoms with Crippen molar-refractivity contribution in [1.29, 1.82) is 0 Å². The molecule has 0 bridgehead atoms. The molecule has 0 saturated heterocycles. The number of rotatable bonds is 7. The first-order valence-electron chi connectivity index (χ1n) is 6.93. The summed E-state index contributed by atoms with van der Waals surface area (Å²) in [6.07, 6.45) is 2.35. The molecule has 0 radical (unpaired) electrons. The monoisotopic (exact) mass is 304 g/mol. The molecule has 1 atom stereocenters. The van der Waals surface area contributed by atoms with Crippen LogP contribution in [0.25, 0.3) is 0 Å². The highest BCUT2D eigenvalue weighted by Crippen LogP contribution is 2.17. The first-order chi connectivity index (χ1) is 10.2. The maximum Gasteiger partial charge on any atom is 0.232 e. The van der Waals surface area contributed by atoms with Gasteiger partial charge in [-0.25, -0.2) is 0 Å². The molecular weight excluding hydrogens is 284 g/mol.